The lowest BCUT2D eigenvalue weighted by Crippen LogP contribution is -2.48. The van der Waals surface area contributed by atoms with Gasteiger partial charge in [0.25, 0.3) is 5.91 Å². The Bertz CT molecular complexity index is 863. The average Bonchev–Trinajstić information content (AvgIpc) is 3.09. The molecule has 1 N–H and O–H groups in total. The molecule has 1 fully saturated rings. The number of aromatic nitrogens is 1. The minimum absolute atomic E-state index is 0.000635. The number of aryl methyl sites for hydroxylation is 1. The summed E-state index contributed by atoms with van der Waals surface area (Å²) in [6, 6.07) is 0.452. The van der Waals surface area contributed by atoms with Gasteiger partial charge in [-0.25, -0.2) is 4.98 Å². The molecule has 2 atom stereocenters. The highest BCUT2D eigenvalue weighted by molar-refractivity contribution is 7.10. The van der Waals surface area contributed by atoms with E-state index in [1.807, 2.05) is 18.5 Å². The zero-order valence-corrected chi connectivity index (χ0v) is 16.9. The van der Waals surface area contributed by atoms with Gasteiger partial charge in [0.05, 0.1) is 5.70 Å². The highest BCUT2D eigenvalue weighted by Crippen LogP contribution is 2.32. The van der Waals surface area contributed by atoms with Crippen LogP contribution in [0.3, 0.4) is 0 Å². The predicted octanol–water partition coefficient (Wildman–Crippen LogP) is 3.29. The number of rotatable bonds is 2. The lowest BCUT2D eigenvalue weighted by Gasteiger charge is -2.36. The molecule has 0 saturated carbocycles. The van der Waals surface area contributed by atoms with Gasteiger partial charge < -0.3 is 10.2 Å². The third-order valence-electron chi connectivity index (χ3n) is 5.29. The van der Waals surface area contributed by atoms with Gasteiger partial charge in [-0.3, -0.25) is 9.69 Å². The molecule has 0 radical (unpaired) electrons. The summed E-state index contributed by atoms with van der Waals surface area (Å²) in [5, 5.41) is 6.46. The van der Waals surface area contributed by atoms with Gasteiger partial charge in [0.1, 0.15) is 5.01 Å². The van der Waals surface area contributed by atoms with Crippen molar-refractivity contribution in [3.05, 3.63) is 58.0 Å². The number of nitrogens with zero attached hydrogens (tertiary/aromatic N) is 3. The fourth-order valence-electron chi connectivity index (χ4n) is 3.74. The van der Waals surface area contributed by atoms with Crippen molar-refractivity contribution in [1.29, 1.82) is 0 Å². The summed E-state index contributed by atoms with van der Waals surface area (Å²) in [5.41, 5.74) is 4.10. The first-order chi connectivity index (χ1) is 13.0. The van der Waals surface area contributed by atoms with Crippen molar-refractivity contribution in [2.75, 3.05) is 19.6 Å². The minimum atomic E-state index is 0.000635. The first-order valence-electron chi connectivity index (χ1n) is 9.57. The second kappa shape index (κ2) is 7.44. The van der Waals surface area contributed by atoms with Crippen LogP contribution in [-0.2, 0) is 4.79 Å². The molecule has 27 heavy (non-hydrogen) atoms. The van der Waals surface area contributed by atoms with Crippen molar-refractivity contribution in [2.24, 2.45) is 5.92 Å². The quantitative estimate of drug-likeness (QED) is 0.853. The molecule has 1 amide bonds. The lowest BCUT2D eigenvalue weighted by atomic mass is 9.94. The molecule has 6 heteroatoms. The van der Waals surface area contributed by atoms with Gasteiger partial charge in [0.15, 0.2) is 0 Å². The standard InChI is InChI=1S/C21H26N4OS/c1-14-4-5-17-6-7-18(24-9-8-22-15(2)11-24)12-25(17)20(26)10-19(14)21-23-16(3)13-27-21/h5-7,10,12-15,22H,4,8-9,11H2,1-3H3. The molecule has 0 spiro atoms. The Morgan fingerprint density at radius 1 is 1.26 bits per heavy atom. The molecule has 4 rings (SSSR count). The summed E-state index contributed by atoms with van der Waals surface area (Å²) in [6.45, 7) is 9.23. The Morgan fingerprint density at radius 2 is 2.07 bits per heavy atom. The van der Waals surface area contributed by atoms with Gasteiger partial charge in [-0.05, 0) is 43.9 Å². The summed E-state index contributed by atoms with van der Waals surface area (Å²) in [7, 11) is 0. The Hall–Kier alpha value is -2.18. The molecular weight excluding hydrogens is 356 g/mol. The minimum Gasteiger partial charge on any atom is -0.368 e. The molecule has 1 saturated heterocycles. The first-order valence-corrected chi connectivity index (χ1v) is 10.4. The van der Waals surface area contributed by atoms with Crippen LogP contribution >= 0.6 is 11.3 Å². The summed E-state index contributed by atoms with van der Waals surface area (Å²) in [6.07, 6.45) is 11.0. The number of thiazole rings is 1. The van der Waals surface area contributed by atoms with Crippen molar-refractivity contribution in [1.82, 2.24) is 20.1 Å². The molecule has 0 aromatic carbocycles. The normalized spacial score (nSPS) is 26.0. The van der Waals surface area contributed by atoms with Crippen molar-refractivity contribution in [3.8, 4) is 0 Å². The van der Waals surface area contributed by atoms with E-state index in [1.165, 1.54) is 0 Å². The fraction of sp³-hybridized carbons (Fsp3) is 0.429. The van der Waals surface area contributed by atoms with Crippen LogP contribution < -0.4 is 5.32 Å². The molecule has 0 aliphatic carbocycles. The first kappa shape index (κ1) is 18.2. The van der Waals surface area contributed by atoms with Gasteiger partial charge in [-0.1, -0.05) is 13.0 Å². The van der Waals surface area contributed by atoms with Crippen LogP contribution in [-0.4, -0.2) is 46.4 Å². The van der Waals surface area contributed by atoms with Gasteiger partial charge >= 0.3 is 0 Å². The van der Waals surface area contributed by atoms with Crippen LogP contribution in [0.15, 0.2) is 47.3 Å². The Labute approximate surface area is 164 Å². The molecule has 5 nitrogen and oxygen atoms in total. The van der Waals surface area contributed by atoms with Crippen LogP contribution in [0.5, 0.6) is 0 Å². The second-order valence-corrected chi connectivity index (χ2v) is 8.41. The monoisotopic (exact) mass is 382 g/mol. The Balaban J connectivity index is 1.64. The van der Waals surface area contributed by atoms with Gasteiger partial charge in [0.2, 0.25) is 0 Å². The molecule has 0 bridgehead atoms. The van der Waals surface area contributed by atoms with Crippen LogP contribution in [0.2, 0.25) is 0 Å². The van der Waals surface area contributed by atoms with E-state index in [1.54, 1.807) is 22.3 Å². The Morgan fingerprint density at radius 3 is 2.81 bits per heavy atom. The zero-order chi connectivity index (χ0) is 19.0. The van der Waals surface area contributed by atoms with Crippen LogP contribution in [0, 0.1) is 12.8 Å². The average molecular weight is 383 g/mol. The third-order valence-corrected chi connectivity index (χ3v) is 6.30. The number of piperazine rings is 1. The molecule has 3 aliphatic rings. The number of carbonyl (C=O) groups excluding carboxylic acids is 1. The SMILES string of the molecule is Cc1csc(C2=CC(=O)N3C=C(N4CCNC(C)C4)C=CC3=CCC2C)n1. The highest BCUT2D eigenvalue weighted by atomic mass is 32.1. The molecule has 142 valence electrons. The van der Waals surface area contributed by atoms with Gasteiger partial charge in [-0.15, -0.1) is 11.3 Å². The number of hydrogen-bond donors (Lipinski definition) is 1. The fourth-order valence-corrected chi connectivity index (χ4v) is 4.67. The number of fused-ring (bicyclic) bond motifs is 1. The van der Waals surface area contributed by atoms with Crippen LogP contribution in [0.4, 0.5) is 0 Å². The molecule has 2 unspecified atom stereocenters. The van der Waals surface area contributed by atoms with Crippen LogP contribution in [0.25, 0.3) is 5.57 Å². The molecule has 1 aromatic heterocycles. The number of amides is 1. The van der Waals surface area contributed by atoms with Gasteiger partial charge in [0, 0.05) is 54.7 Å². The van der Waals surface area contributed by atoms with Gasteiger partial charge in [-0.2, -0.15) is 0 Å². The van der Waals surface area contributed by atoms with E-state index in [-0.39, 0.29) is 11.8 Å². The highest BCUT2D eigenvalue weighted by Gasteiger charge is 2.26. The van der Waals surface area contributed by atoms with E-state index in [0.29, 0.717) is 6.04 Å². The van der Waals surface area contributed by atoms with E-state index < -0.39 is 0 Å². The second-order valence-electron chi connectivity index (χ2n) is 7.56. The lowest BCUT2D eigenvalue weighted by molar-refractivity contribution is -0.122. The number of carbonyl (C=O) groups is 1. The number of nitrogens with one attached hydrogen (secondary N) is 1. The van der Waals surface area contributed by atoms with E-state index in [2.05, 4.69) is 47.3 Å². The maximum atomic E-state index is 13.1. The number of hydrogen-bond acceptors (Lipinski definition) is 5. The molecule has 1 aromatic rings. The maximum Gasteiger partial charge on any atom is 0.255 e. The summed E-state index contributed by atoms with van der Waals surface area (Å²) in [4.78, 5) is 21.8. The van der Waals surface area contributed by atoms with Crippen molar-refractivity contribution in [2.45, 2.75) is 33.2 Å². The third kappa shape index (κ3) is 3.77. The van der Waals surface area contributed by atoms with Crippen molar-refractivity contribution >= 4 is 22.8 Å². The molecular formula is C21H26N4OS. The predicted molar refractivity (Wildman–Crippen MR) is 110 cm³/mol. The molecule has 3 aliphatic heterocycles. The Kier molecular flexibility index (Phi) is 5.02. The smallest absolute Gasteiger partial charge is 0.255 e. The topological polar surface area (TPSA) is 48.5 Å². The summed E-state index contributed by atoms with van der Waals surface area (Å²) >= 11 is 1.62. The number of allylic oxidation sites excluding steroid dienone is 4. The van der Waals surface area contributed by atoms with E-state index >= 15 is 0 Å². The van der Waals surface area contributed by atoms with Crippen molar-refractivity contribution < 1.29 is 4.79 Å². The zero-order valence-electron chi connectivity index (χ0n) is 16.1. The van der Waals surface area contributed by atoms with E-state index in [0.717, 1.165) is 53.7 Å². The summed E-state index contributed by atoms with van der Waals surface area (Å²) < 4.78 is 0. The maximum absolute atomic E-state index is 13.1. The van der Waals surface area contributed by atoms with Crippen molar-refractivity contribution in [3.63, 3.8) is 0 Å². The molecule has 4 heterocycles. The van der Waals surface area contributed by atoms with Crippen LogP contribution in [0.1, 0.15) is 31.0 Å². The van der Waals surface area contributed by atoms with E-state index in [9.17, 15) is 4.79 Å². The summed E-state index contributed by atoms with van der Waals surface area (Å²) in [5.74, 6) is 0.266. The van der Waals surface area contributed by atoms with E-state index in [4.69, 9.17) is 0 Å². The largest absolute Gasteiger partial charge is 0.368 e.